The Bertz CT molecular complexity index is 2120. The van der Waals surface area contributed by atoms with Gasteiger partial charge in [-0.1, -0.05) is 97.1 Å². The van der Waals surface area contributed by atoms with E-state index in [1.165, 1.54) is 5.39 Å². The Balaban J connectivity index is 0.000000154. The van der Waals surface area contributed by atoms with E-state index >= 15 is 0 Å². The minimum absolute atomic E-state index is 0. The number of halogens is 2. The van der Waals surface area contributed by atoms with Gasteiger partial charge < -0.3 is 37.4 Å². The van der Waals surface area contributed by atoms with Crippen molar-refractivity contribution in [1.29, 1.82) is 0 Å². The number of rotatable bonds is 3. The van der Waals surface area contributed by atoms with E-state index < -0.39 is 0 Å². The molecule has 0 aliphatic rings. The average Bonchev–Trinajstić information content (AvgIpc) is 3.81. The maximum Gasteiger partial charge on any atom is 0.249 e. The van der Waals surface area contributed by atoms with Crippen LogP contribution in [0.5, 0.6) is 0 Å². The molecule has 0 N–H and O–H groups in total. The fourth-order valence-corrected chi connectivity index (χ4v) is 5.09. The Morgan fingerprint density at radius 2 is 1.16 bits per heavy atom. The van der Waals surface area contributed by atoms with Crippen LogP contribution in [0, 0.1) is 0 Å². The van der Waals surface area contributed by atoms with Crippen molar-refractivity contribution in [3.8, 4) is 11.4 Å². The number of nitrogens with zero attached hydrogens (tertiary/aromatic N) is 4. The van der Waals surface area contributed by atoms with Gasteiger partial charge in [0, 0.05) is 37.9 Å². The molecule has 0 fully saturated rings. The van der Waals surface area contributed by atoms with E-state index in [9.17, 15) is 0 Å². The second-order valence-corrected chi connectivity index (χ2v) is 13.3. The molecule has 44 heavy (non-hydrogen) atoms. The number of benzene rings is 4. The molecule has 0 bridgehead atoms. The van der Waals surface area contributed by atoms with Crippen LogP contribution in [-0.4, -0.2) is 18.0 Å². The molecule has 6 nitrogen and oxygen atoms in total. The maximum atomic E-state index is 6.08. The first-order chi connectivity index (χ1) is 20.9. The molecule has 4 aromatic carbocycles. The number of hydrogen-bond donors (Lipinski definition) is 0. The Hall–Kier alpha value is -3.64. The van der Waals surface area contributed by atoms with Gasteiger partial charge in [0.2, 0.25) is 6.33 Å². The fraction of sp³-hybridized carbons (Fsp3) is 0.167. The van der Waals surface area contributed by atoms with E-state index in [1.54, 1.807) is 12.5 Å². The van der Waals surface area contributed by atoms with Gasteiger partial charge in [0.25, 0.3) is 0 Å². The normalized spacial score (nSPS) is 11.1. The number of alkyl halides is 1. The monoisotopic (exact) mass is 808 g/mol. The summed E-state index contributed by atoms with van der Waals surface area (Å²) in [5, 5.41) is 4.61. The third-order valence-corrected chi connectivity index (χ3v) is 7.08. The first-order valence-electron chi connectivity index (χ1n) is 14.4. The molecular weight excluding hydrogens is 774 g/mol. The third kappa shape index (κ3) is 6.56. The summed E-state index contributed by atoms with van der Waals surface area (Å²) in [6.45, 7) is 8.65. The predicted molar refractivity (Wildman–Crippen MR) is 184 cm³/mol. The fourth-order valence-electron chi connectivity index (χ4n) is 5.09. The molecule has 0 amide bonds. The molecule has 0 radical (unpaired) electrons. The van der Waals surface area contributed by atoms with Crippen molar-refractivity contribution in [2.24, 2.45) is 0 Å². The van der Waals surface area contributed by atoms with Crippen LogP contribution in [0.1, 0.15) is 33.7 Å². The molecular formula is C36H34I2N4O2. The summed E-state index contributed by atoms with van der Waals surface area (Å²) in [6, 6.07) is 29.2. The zero-order valence-electron chi connectivity index (χ0n) is 25.1. The standard InChI is InChI=1S/C18H17N2O.C15H10N2O.C3H7I.HI/c1-13(2)19-10-11-20(12-19)16-8-5-7-15-14-6-3-4-9-17(14)21-18(15)16;1-2-7-14-11(4-1)12-5-3-6-13(15(12)18-14)17-9-8-16-10-17;1-3(2)4;/h3-13H,1-2H3;1-10H;3H,1-2H3;1H/q+1;;;/p-1. The van der Waals surface area contributed by atoms with Gasteiger partial charge in [-0.15, -0.1) is 0 Å². The van der Waals surface area contributed by atoms with Crippen molar-refractivity contribution in [3.05, 3.63) is 122 Å². The molecule has 0 saturated heterocycles. The van der Waals surface area contributed by atoms with Crippen molar-refractivity contribution in [3.63, 3.8) is 0 Å². The van der Waals surface area contributed by atoms with Crippen molar-refractivity contribution in [1.82, 2.24) is 14.1 Å². The van der Waals surface area contributed by atoms with Crippen LogP contribution in [0.3, 0.4) is 0 Å². The number of fused-ring (bicyclic) bond motifs is 6. The molecule has 4 aromatic heterocycles. The van der Waals surface area contributed by atoms with Crippen LogP contribution in [0.15, 0.2) is 131 Å². The highest BCUT2D eigenvalue weighted by Gasteiger charge is 2.16. The summed E-state index contributed by atoms with van der Waals surface area (Å²) < 4.78 is 19.1. The lowest BCUT2D eigenvalue weighted by Gasteiger charge is -2.01. The maximum absolute atomic E-state index is 6.08. The van der Waals surface area contributed by atoms with Crippen LogP contribution in [0.4, 0.5) is 0 Å². The van der Waals surface area contributed by atoms with Gasteiger partial charge in [-0.25, -0.2) is 9.55 Å². The molecule has 8 aromatic rings. The quantitative estimate of drug-likeness (QED) is 0.112. The van der Waals surface area contributed by atoms with E-state index in [0.29, 0.717) is 6.04 Å². The molecule has 8 rings (SSSR count). The number of furan rings is 2. The van der Waals surface area contributed by atoms with Gasteiger partial charge >= 0.3 is 0 Å². The molecule has 0 atom stereocenters. The van der Waals surface area contributed by atoms with Crippen LogP contribution >= 0.6 is 22.6 Å². The Morgan fingerprint density at radius 3 is 1.64 bits per heavy atom. The summed E-state index contributed by atoms with van der Waals surface area (Å²) in [5.41, 5.74) is 5.77. The Morgan fingerprint density at radius 1 is 0.659 bits per heavy atom. The Kier molecular flexibility index (Phi) is 10.1. The van der Waals surface area contributed by atoms with Crippen molar-refractivity contribution >= 4 is 66.5 Å². The molecule has 0 aliphatic heterocycles. The van der Waals surface area contributed by atoms with Gasteiger partial charge in [0.05, 0.1) is 18.1 Å². The smallest absolute Gasteiger partial charge is 0.249 e. The van der Waals surface area contributed by atoms with Crippen LogP contribution < -0.4 is 28.5 Å². The lowest BCUT2D eigenvalue weighted by atomic mass is 10.1. The van der Waals surface area contributed by atoms with E-state index in [2.05, 4.69) is 120 Å². The largest absolute Gasteiger partial charge is 1.00 e. The number of imidazole rings is 2. The van der Waals surface area contributed by atoms with E-state index in [1.807, 2.05) is 59.3 Å². The zero-order valence-corrected chi connectivity index (χ0v) is 29.4. The first kappa shape index (κ1) is 31.8. The van der Waals surface area contributed by atoms with Gasteiger partial charge in [-0.2, -0.15) is 4.57 Å². The van der Waals surface area contributed by atoms with Gasteiger partial charge in [-0.3, -0.25) is 0 Å². The lowest BCUT2D eigenvalue weighted by molar-refractivity contribution is -0.715. The summed E-state index contributed by atoms with van der Waals surface area (Å²) >= 11 is 2.34. The van der Waals surface area contributed by atoms with Crippen LogP contribution in [0.2, 0.25) is 0 Å². The highest BCUT2D eigenvalue weighted by atomic mass is 127. The molecule has 224 valence electrons. The highest BCUT2D eigenvalue weighted by Crippen LogP contribution is 2.33. The highest BCUT2D eigenvalue weighted by molar-refractivity contribution is 14.1. The SMILES string of the molecule is CC(C)I.CC(C)[n+]1ccn(-c2cccc3c2oc2ccccc23)c1.[I-].c1ccc2c(c1)oc1c(-n3ccnc3)cccc12. The van der Waals surface area contributed by atoms with E-state index in [4.69, 9.17) is 8.83 Å². The predicted octanol–water partition coefficient (Wildman–Crippen LogP) is 6.85. The minimum atomic E-state index is 0. The van der Waals surface area contributed by atoms with Crippen molar-refractivity contribution < 1.29 is 37.4 Å². The van der Waals surface area contributed by atoms with E-state index in [-0.39, 0.29) is 24.0 Å². The second-order valence-electron chi connectivity index (χ2n) is 10.8. The van der Waals surface area contributed by atoms with Gasteiger partial charge in [0.15, 0.2) is 16.9 Å². The second kappa shape index (κ2) is 14.0. The molecule has 0 saturated carbocycles. The van der Waals surface area contributed by atoms with E-state index in [0.717, 1.165) is 53.8 Å². The summed E-state index contributed by atoms with van der Waals surface area (Å²) in [4.78, 5) is 4.08. The average molecular weight is 809 g/mol. The zero-order chi connectivity index (χ0) is 29.9. The molecule has 0 aliphatic carbocycles. The first-order valence-corrected chi connectivity index (χ1v) is 15.7. The number of hydrogen-bond acceptors (Lipinski definition) is 3. The summed E-state index contributed by atoms with van der Waals surface area (Å²) in [6.07, 6.45) is 11.7. The van der Waals surface area contributed by atoms with Gasteiger partial charge in [0.1, 0.15) is 23.6 Å². The lowest BCUT2D eigenvalue weighted by Crippen LogP contribution is -3.00. The molecule has 8 heteroatoms. The number of para-hydroxylation sites is 4. The number of aromatic nitrogens is 4. The van der Waals surface area contributed by atoms with Crippen molar-refractivity contribution in [2.75, 3.05) is 0 Å². The molecule has 4 heterocycles. The topological polar surface area (TPSA) is 52.9 Å². The third-order valence-electron chi connectivity index (χ3n) is 7.08. The minimum Gasteiger partial charge on any atom is -1.00 e. The summed E-state index contributed by atoms with van der Waals surface area (Å²) in [7, 11) is 0. The van der Waals surface area contributed by atoms with Crippen molar-refractivity contribution in [2.45, 2.75) is 37.7 Å². The Labute approximate surface area is 287 Å². The van der Waals surface area contributed by atoms with Crippen LogP contribution in [-0.2, 0) is 0 Å². The molecule has 0 spiro atoms. The summed E-state index contributed by atoms with van der Waals surface area (Å²) in [5.74, 6) is 0. The van der Waals surface area contributed by atoms with Gasteiger partial charge in [-0.05, 0) is 38.1 Å². The van der Waals surface area contributed by atoms with Crippen LogP contribution in [0.25, 0.3) is 55.3 Å². The molecule has 0 unspecified atom stereocenters.